The molecule has 6 nitrogen and oxygen atoms in total. The van der Waals surface area contributed by atoms with Crippen LogP contribution in [0.1, 0.15) is 5.56 Å². The lowest BCUT2D eigenvalue weighted by Crippen LogP contribution is -2.20. The number of hydrogen-bond donors (Lipinski definition) is 1. The van der Waals surface area contributed by atoms with Crippen LogP contribution < -0.4 is 10.1 Å². The van der Waals surface area contributed by atoms with E-state index in [1.807, 2.05) is 49.4 Å². The second-order valence-electron chi connectivity index (χ2n) is 5.08. The number of carbonyl (C=O) groups excluding carboxylic acids is 1. The molecule has 2 aromatic carbocycles. The van der Waals surface area contributed by atoms with Gasteiger partial charge in [0.25, 0.3) is 5.91 Å². The standard InChI is InChI=1S/C17H14BrN3O3/c1-11-4-2-7-14(8-11)23-10-15(22)19-17-21-20-16(24-17)12-5-3-6-13(18)9-12/h2-9H,10H2,1H3,(H,19,21,22). The van der Waals surface area contributed by atoms with E-state index in [-0.39, 0.29) is 18.5 Å². The van der Waals surface area contributed by atoms with Gasteiger partial charge in [0.05, 0.1) is 0 Å². The first-order chi connectivity index (χ1) is 11.6. The number of nitrogens with one attached hydrogen (secondary N) is 1. The average molecular weight is 388 g/mol. The van der Waals surface area contributed by atoms with E-state index in [0.717, 1.165) is 15.6 Å². The Bertz CT molecular complexity index is 864. The van der Waals surface area contributed by atoms with Gasteiger partial charge in [-0.15, -0.1) is 5.10 Å². The lowest BCUT2D eigenvalue weighted by Gasteiger charge is -2.05. The van der Waals surface area contributed by atoms with Crippen molar-refractivity contribution in [2.75, 3.05) is 11.9 Å². The Labute approximate surface area is 147 Å². The highest BCUT2D eigenvalue weighted by Crippen LogP contribution is 2.23. The number of carbonyl (C=O) groups is 1. The predicted molar refractivity (Wildman–Crippen MR) is 92.7 cm³/mol. The number of aromatic nitrogens is 2. The molecule has 1 N–H and O–H groups in total. The van der Waals surface area contributed by atoms with Crippen molar-refractivity contribution in [1.82, 2.24) is 10.2 Å². The summed E-state index contributed by atoms with van der Waals surface area (Å²) in [5, 5.41) is 10.2. The van der Waals surface area contributed by atoms with E-state index in [0.29, 0.717) is 11.6 Å². The molecule has 7 heteroatoms. The Kier molecular flexibility index (Phi) is 4.90. The zero-order valence-electron chi connectivity index (χ0n) is 12.8. The van der Waals surface area contributed by atoms with Crippen molar-refractivity contribution in [1.29, 1.82) is 0 Å². The molecule has 0 aliphatic heterocycles. The number of halogens is 1. The maximum atomic E-state index is 11.9. The molecule has 3 aromatic rings. The van der Waals surface area contributed by atoms with Crippen LogP contribution in [0.5, 0.6) is 5.75 Å². The van der Waals surface area contributed by atoms with Crippen LogP contribution in [-0.2, 0) is 4.79 Å². The number of amides is 1. The quantitative estimate of drug-likeness (QED) is 0.719. The average Bonchev–Trinajstić information content (AvgIpc) is 3.01. The molecule has 0 saturated heterocycles. The van der Waals surface area contributed by atoms with Crippen LogP contribution in [0.3, 0.4) is 0 Å². The SMILES string of the molecule is Cc1cccc(OCC(=O)Nc2nnc(-c3cccc(Br)c3)o2)c1. The van der Waals surface area contributed by atoms with Crippen LogP contribution >= 0.6 is 15.9 Å². The molecule has 0 saturated carbocycles. The molecule has 0 radical (unpaired) electrons. The fourth-order valence-corrected chi connectivity index (χ4v) is 2.42. The van der Waals surface area contributed by atoms with Crippen molar-refractivity contribution < 1.29 is 13.9 Å². The third kappa shape index (κ3) is 4.20. The third-order valence-electron chi connectivity index (χ3n) is 3.10. The Balaban J connectivity index is 1.59. The lowest BCUT2D eigenvalue weighted by atomic mass is 10.2. The maximum Gasteiger partial charge on any atom is 0.322 e. The lowest BCUT2D eigenvalue weighted by molar-refractivity contribution is -0.118. The van der Waals surface area contributed by atoms with E-state index in [1.165, 1.54) is 0 Å². The molecule has 0 atom stereocenters. The zero-order chi connectivity index (χ0) is 16.9. The highest BCUT2D eigenvalue weighted by atomic mass is 79.9. The molecule has 0 unspecified atom stereocenters. The molecule has 3 rings (SSSR count). The van der Waals surface area contributed by atoms with Crippen molar-refractivity contribution in [3.63, 3.8) is 0 Å². The second-order valence-corrected chi connectivity index (χ2v) is 5.99. The van der Waals surface area contributed by atoms with Gasteiger partial charge in [0.2, 0.25) is 5.89 Å². The minimum Gasteiger partial charge on any atom is -0.484 e. The number of ether oxygens (including phenoxy) is 1. The molecule has 1 heterocycles. The fraction of sp³-hybridized carbons (Fsp3) is 0.118. The summed E-state index contributed by atoms with van der Waals surface area (Å²) < 4.78 is 11.8. The van der Waals surface area contributed by atoms with Gasteiger partial charge >= 0.3 is 6.01 Å². The molecule has 0 spiro atoms. The number of nitrogens with zero attached hydrogens (tertiary/aromatic N) is 2. The highest BCUT2D eigenvalue weighted by molar-refractivity contribution is 9.10. The molecule has 24 heavy (non-hydrogen) atoms. The Hall–Kier alpha value is -2.67. The van der Waals surface area contributed by atoms with Gasteiger partial charge in [-0.2, -0.15) is 0 Å². The van der Waals surface area contributed by atoms with E-state index in [9.17, 15) is 4.79 Å². The Morgan fingerprint density at radius 3 is 2.83 bits per heavy atom. The van der Waals surface area contributed by atoms with Crippen molar-refractivity contribution in [3.05, 3.63) is 58.6 Å². The minimum absolute atomic E-state index is 0.0304. The van der Waals surface area contributed by atoms with E-state index in [2.05, 4.69) is 31.4 Å². The topological polar surface area (TPSA) is 77.2 Å². The molecule has 0 aliphatic rings. The van der Waals surface area contributed by atoms with Crippen LogP contribution in [-0.4, -0.2) is 22.7 Å². The van der Waals surface area contributed by atoms with Gasteiger partial charge in [-0.1, -0.05) is 39.2 Å². The van der Waals surface area contributed by atoms with Crippen LogP contribution in [0.25, 0.3) is 11.5 Å². The van der Waals surface area contributed by atoms with Gasteiger partial charge in [0, 0.05) is 10.0 Å². The molecule has 1 aromatic heterocycles. The maximum absolute atomic E-state index is 11.9. The van der Waals surface area contributed by atoms with Gasteiger partial charge in [-0.05, 0) is 42.8 Å². The summed E-state index contributed by atoms with van der Waals surface area (Å²) in [6.07, 6.45) is 0. The van der Waals surface area contributed by atoms with E-state index in [1.54, 1.807) is 6.07 Å². The molecular formula is C17H14BrN3O3. The van der Waals surface area contributed by atoms with Gasteiger partial charge in [-0.25, -0.2) is 0 Å². The molecule has 1 amide bonds. The summed E-state index contributed by atoms with van der Waals surface area (Å²) in [5.41, 5.74) is 1.82. The normalized spacial score (nSPS) is 10.4. The van der Waals surface area contributed by atoms with Crippen LogP contribution in [0.4, 0.5) is 6.01 Å². The van der Waals surface area contributed by atoms with Crippen molar-refractivity contribution in [2.45, 2.75) is 6.92 Å². The minimum atomic E-state index is -0.374. The summed E-state index contributed by atoms with van der Waals surface area (Å²) in [6.45, 7) is 1.81. The summed E-state index contributed by atoms with van der Waals surface area (Å²) in [7, 11) is 0. The predicted octanol–water partition coefficient (Wildman–Crippen LogP) is 3.83. The number of anilines is 1. The van der Waals surface area contributed by atoms with Gasteiger partial charge in [0.1, 0.15) is 5.75 Å². The van der Waals surface area contributed by atoms with Gasteiger partial charge < -0.3 is 9.15 Å². The summed E-state index contributed by atoms with van der Waals surface area (Å²) in [4.78, 5) is 11.9. The van der Waals surface area contributed by atoms with Crippen LogP contribution in [0.15, 0.2) is 57.4 Å². The van der Waals surface area contributed by atoms with Gasteiger partial charge in [-0.3, -0.25) is 10.1 Å². The number of hydrogen-bond acceptors (Lipinski definition) is 5. The smallest absolute Gasteiger partial charge is 0.322 e. The molecule has 122 valence electrons. The van der Waals surface area contributed by atoms with Crippen LogP contribution in [0.2, 0.25) is 0 Å². The Morgan fingerprint density at radius 1 is 1.21 bits per heavy atom. The fourth-order valence-electron chi connectivity index (χ4n) is 2.02. The first-order valence-electron chi connectivity index (χ1n) is 7.19. The van der Waals surface area contributed by atoms with Crippen molar-refractivity contribution >= 4 is 27.9 Å². The first-order valence-corrected chi connectivity index (χ1v) is 7.98. The number of benzene rings is 2. The summed E-state index contributed by atoms with van der Waals surface area (Å²) >= 11 is 3.38. The van der Waals surface area contributed by atoms with Crippen molar-refractivity contribution in [3.8, 4) is 17.2 Å². The zero-order valence-corrected chi connectivity index (χ0v) is 14.4. The molecular weight excluding hydrogens is 374 g/mol. The first kappa shape index (κ1) is 16.2. The molecule has 0 fully saturated rings. The highest BCUT2D eigenvalue weighted by Gasteiger charge is 2.12. The van der Waals surface area contributed by atoms with Crippen LogP contribution in [0, 0.1) is 6.92 Å². The Morgan fingerprint density at radius 2 is 2.04 bits per heavy atom. The second kappa shape index (κ2) is 7.27. The number of aryl methyl sites for hydroxylation is 1. The molecule has 0 bridgehead atoms. The van der Waals surface area contributed by atoms with E-state index >= 15 is 0 Å². The summed E-state index contributed by atoms with van der Waals surface area (Å²) in [6, 6.07) is 14.9. The van der Waals surface area contributed by atoms with Crippen molar-refractivity contribution in [2.24, 2.45) is 0 Å². The summed E-state index contributed by atoms with van der Waals surface area (Å²) in [5.74, 6) is 0.581. The van der Waals surface area contributed by atoms with E-state index < -0.39 is 0 Å². The monoisotopic (exact) mass is 387 g/mol. The van der Waals surface area contributed by atoms with Gasteiger partial charge in [0.15, 0.2) is 6.61 Å². The third-order valence-corrected chi connectivity index (χ3v) is 3.60. The molecule has 0 aliphatic carbocycles. The number of rotatable bonds is 5. The largest absolute Gasteiger partial charge is 0.484 e. The van der Waals surface area contributed by atoms with E-state index in [4.69, 9.17) is 9.15 Å².